The van der Waals surface area contributed by atoms with Crippen molar-refractivity contribution in [3.05, 3.63) is 29.3 Å². The third-order valence-electron chi connectivity index (χ3n) is 3.57. The van der Waals surface area contributed by atoms with Crippen LogP contribution in [0.15, 0.2) is 18.2 Å². The number of hydrogen-bond donors (Lipinski definition) is 1. The van der Waals surface area contributed by atoms with E-state index < -0.39 is 0 Å². The highest BCUT2D eigenvalue weighted by Crippen LogP contribution is 2.18. The first kappa shape index (κ1) is 13.9. The number of ether oxygens (including phenoxy) is 1. The van der Waals surface area contributed by atoms with Gasteiger partial charge in [-0.25, -0.2) is 0 Å². The molecule has 1 fully saturated rings. The van der Waals surface area contributed by atoms with Crippen molar-refractivity contribution in [3.8, 4) is 0 Å². The Hall–Kier alpha value is -1.55. The number of carbonyl (C=O) groups excluding carboxylic acids is 1. The summed E-state index contributed by atoms with van der Waals surface area (Å²) in [4.78, 5) is 14.1. The molecule has 1 aromatic carbocycles. The SMILES string of the molecule is Cc1ccc(C(=O)N(C)CC2CCCOC2)c(N)c1. The Labute approximate surface area is 114 Å². The zero-order valence-corrected chi connectivity index (χ0v) is 11.7. The molecule has 0 saturated carbocycles. The van der Waals surface area contributed by atoms with Gasteiger partial charge in [0.15, 0.2) is 0 Å². The largest absolute Gasteiger partial charge is 0.398 e. The maximum Gasteiger partial charge on any atom is 0.255 e. The van der Waals surface area contributed by atoms with Gasteiger partial charge in [0.25, 0.3) is 5.91 Å². The average Bonchev–Trinajstić information content (AvgIpc) is 2.39. The summed E-state index contributed by atoms with van der Waals surface area (Å²) < 4.78 is 5.45. The first-order chi connectivity index (χ1) is 9.08. The van der Waals surface area contributed by atoms with Gasteiger partial charge in [0.1, 0.15) is 0 Å². The van der Waals surface area contributed by atoms with Crippen molar-refractivity contribution in [3.63, 3.8) is 0 Å². The molecule has 19 heavy (non-hydrogen) atoms. The second-order valence-corrected chi connectivity index (χ2v) is 5.36. The van der Waals surface area contributed by atoms with Crippen LogP contribution in [0.4, 0.5) is 5.69 Å². The maximum atomic E-state index is 12.4. The first-order valence-corrected chi connectivity index (χ1v) is 6.77. The van der Waals surface area contributed by atoms with Gasteiger partial charge >= 0.3 is 0 Å². The Kier molecular flexibility index (Phi) is 4.43. The average molecular weight is 262 g/mol. The quantitative estimate of drug-likeness (QED) is 0.848. The van der Waals surface area contributed by atoms with E-state index in [1.165, 1.54) is 0 Å². The topological polar surface area (TPSA) is 55.6 Å². The molecule has 1 saturated heterocycles. The molecular weight excluding hydrogens is 240 g/mol. The van der Waals surface area contributed by atoms with Crippen LogP contribution in [-0.4, -0.2) is 37.6 Å². The van der Waals surface area contributed by atoms with Crippen molar-refractivity contribution in [1.82, 2.24) is 4.90 Å². The maximum absolute atomic E-state index is 12.4. The number of nitrogens with zero attached hydrogens (tertiary/aromatic N) is 1. The lowest BCUT2D eigenvalue weighted by Gasteiger charge is -2.27. The summed E-state index contributed by atoms with van der Waals surface area (Å²) in [5.74, 6) is 0.428. The minimum Gasteiger partial charge on any atom is -0.398 e. The highest BCUT2D eigenvalue weighted by molar-refractivity contribution is 5.99. The fraction of sp³-hybridized carbons (Fsp3) is 0.533. The smallest absolute Gasteiger partial charge is 0.255 e. The molecule has 1 amide bonds. The molecule has 1 heterocycles. The van der Waals surface area contributed by atoms with Gasteiger partial charge < -0.3 is 15.4 Å². The van der Waals surface area contributed by atoms with E-state index in [9.17, 15) is 4.79 Å². The van der Waals surface area contributed by atoms with Crippen molar-refractivity contribution in [2.45, 2.75) is 19.8 Å². The van der Waals surface area contributed by atoms with E-state index in [0.29, 0.717) is 17.2 Å². The Bertz CT molecular complexity index is 453. The van der Waals surface area contributed by atoms with E-state index in [2.05, 4.69) is 0 Å². The van der Waals surface area contributed by atoms with E-state index in [4.69, 9.17) is 10.5 Å². The molecule has 0 radical (unpaired) electrons. The van der Waals surface area contributed by atoms with Crippen molar-refractivity contribution < 1.29 is 9.53 Å². The summed E-state index contributed by atoms with van der Waals surface area (Å²) in [6.45, 7) is 4.29. The van der Waals surface area contributed by atoms with Gasteiger partial charge in [-0.05, 0) is 43.4 Å². The standard InChI is InChI=1S/C15H22N2O2/c1-11-5-6-13(14(16)8-11)15(18)17(2)9-12-4-3-7-19-10-12/h5-6,8,12H,3-4,7,9-10,16H2,1-2H3. The normalized spacial score (nSPS) is 19.2. The number of nitrogens with two attached hydrogens (primary N) is 1. The van der Waals surface area contributed by atoms with Crippen molar-refractivity contribution in [2.75, 3.05) is 32.5 Å². The second-order valence-electron chi connectivity index (χ2n) is 5.36. The van der Waals surface area contributed by atoms with Crippen LogP contribution in [0.25, 0.3) is 0 Å². The molecule has 104 valence electrons. The molecule has 0 aromatic heterocycles. The lowest BCUT2D eigenvalue weighted by atomic mass is 10.0. The van der Waals surface area contributed by atoms with Gasteiger partial charge in [0, 0.05) is 25.9 Å². The van der Waals surface area contributed by atoms with Crippen molar-refractivity contribution >= 4 is 11.6 Å². The van der Waals surface area contributed by atoms with Gasteiger partial charge in [0.2, 0.25) is 0 Å². The van der Waals surface area contributed by atoms with Gasteiger partial charge in [-0.2, -0.15) is 0 Å². The van der Waals surface area contributed by atoms with Crippen molar-refractivity contribution in [1.29, 1.82) is 0 Å². The minimum absolute atomic E-state index is 0.0110. The van der Waals surface area contributed by atoms with Crippen LogP contribution in [0, 0.1) is 12.8 Å². The molecule has 4 heteroatoms. The molecule has 2 N–H and O–H groups in total. The Morgan fingerprint density at radius 3 is 2.95 bits per heavy atom. The molecule has 4 nitrogen and oxygen atoms in total. The number of benzene rings is 1. The van der Waals surface area contributed by atoms with Crippen molar-refractivity contribution in [2.24, 2.45) is 5.92 Å². The number of amides is 1. The molecule has 0 aliphatic carbocycles. The highest BCUT2D eigenvalue weighted by Gasteiger charge is 2.20. The zero-order valence-electron chi connectivity index (χ0n) is 11.7. The van der Waals surface area contributed by atoms with Gasteiger partial charge in [-0.3, -0.25) is 4.79 Å². The van der Waals surface area contributed by atoms with Crippen LogP contribution in [0.3, 0.4) is 0 Å². The molecule has 0 spiro atoms. The summed E-state index contributed by atoms with van der Waals surface area (Å²) >= 11 is 0. The molecule has 1 unspecified atom stereocenters. The number of aryl methyl sites for hydroxylation is 1. The molecule has 1 atom stereocenters. The fourth-order valence-electron chi connectivity index (χ4n) is 2.50. The third kappa shape index (κ3) is 3.47. The van der Waals surface area contributed by atoms with Gasteiger partial charge in [-0.15, -0.1) is 0 Å². The molecule has 2 rings (SSSR count). The van der Waals surface area contributed by atoms with Crippen LogP contribution < -0.4 is 5.73 Å². The number of carbonyl (C=O) groups is 1. The summed E-state index contributed by atoms with van der Waals surface area (Å²) in [5, 5.41) is 0. The highest BCUT2D eigenvalue weighted by atomic mass is 16.5. The molecule has 1 aromatic rings. The van der Waals surface area contributed by atoms with E-state index in [-0.39, 0.29) is 5.91 Å². The molecule has 0 bridgehead atoms. The summed E-state index contributed by atoms with van der Waals surface area (Å²) in [7, 11) is 1.83. The Morgan fingerprint density at radius 1 is 1.53 bits per heavy atom. The second kappa shape index (κ2) is 6.06. The fourth-order valence-corrected chi connectivity index (χ4v) is 2.50. The monoisotopic (exact) mass is 262 g/mol. The predicted octanol–water partition coefficient (Wildman–Crippen LogP) is 2.08. The summed E-state index contributed by atoms with van der Waals surface area (Å²) in [5.41, 5.74) is 8.13. The number of hydrogen-bond acceptors (Lipinski definition) is 3. The number of rotatable bonds is 3. The summed E-state index contributed by atoms with van der Waals surface area (Å²) in [6, 6.07) is 5.56. The summed E-state index contributed by atoms with van der Waals surface area (Å²) in [6.07, 6.45) is 2.21. The number of nitrogen functional groups attached to an aromatic ring is 1. The predicted molar refractivity (Wildman–Crippen MR) is 76.1 cm³/mol. The van der Waals surface area contributed by atoms with E-state index in [0.717, 1.165) is 38.2 Å². The van der Waals surface area contributed by atoms with E-state index in [1.54, 1.807) is 11.0 Å². The molecule has 1 aliphatic rings. The van der Waals surface area contributed by atoms with Crippen LogP contribution in [0.1, 0.15) is 28.8 Å². The number of anilines is 1. The zero-order chi connectivity index (χ0) is 13.8. The Morgan fingerprint density at radius 2 is 2.32 bits per heavy atom. The first-order valence-electron chi connectivity index (χ1n) is 6.77. The van der Waals surface area contributed by atoms with E-state index >= 15 is 0 Å². The molecular formula is C15H22N2O2. The minimum atomic E-state index is -0.0110. The van der Waals surface area contributed by atoms with Crippen LogP contribution in [0.5, 0.6) is 0 Å². The molecule has 1 aliphatic heterocycles. The third-order valence-corrected chi connectivity index (χ3v) is 3.57. The van der Waals surface area contributed by atoms with Crippen LogP contribution in [-0.2, 0) is 4.74 Å². The van der Waals surface area contributed by atoms with E-state index in [1.807, 2.05) is 26.1 Å². The van der Waals surface area contributed by atoms with Gasteiger partial charge in [0.05, 0.1) is 12.2 Å². The lowest BCUT2D eigenvalue weighted by Crippen LogP contribution is -2.35. The van der Waals surface area contributed by atoms with Gasteiger partial charge in [-0.1, -0.05) is 6.07 Å². The lowest BCUT2D eigenvalue weighted by molar-refractivity contribution is 0.0389. The van der Waals surface area contributed by atoms with Crippen LogP contribution >= 0.6 is 0 Å². The van der Waals surface area contributed by atoms with Crippen LogP contribution in [0.2, 0.25) is 0 Å². The Balaban J connectivity index is 2.01.